The second-order valence-electron chi connectivity index (χ2n) is 2.62. The zero-order chi connectivity index (χ0) is 9.84. The molecule has 2 nitrogen and oxygen atoms in total. The van der Waals surface area contributed by atoms with Gasteiger partial charge >= 0.3 is 0 Å². The largest absolute Gasteiger partial charge is 0.366 e. The number of nitrogens with one attached hydrogen (secondary N) is 2. The van der Waals surface area contributed by atoms with Gasteiger partial charge in [-0.05, 0) is 36.8 Å². The normalized spacial score (nSPS) is 9.46. The maximum atomic E-state index is 5.00. The average Bonchev–Trinajstić information content (AvgIpc) is 2.13. The average molecular weight is 259 g/mol. The Morgan fingerprint density at radius 2 is 2.15 bits per heavy atom. The molecule has 0 unspecified atom stereocenters. The highest BCUT2D eigenvalue weighted by Crippen LogP contribution is 2.23. The van der Waals surface area contributed by atoms with Crippen LogP contribution in [0.3, 0.4) is 0 Å². The van der Waals surface area contributed by atoms with E-state index in [0.29, 0.717) is 5.11 Å². The molecule has 0 fully saturated rings. The van der Waals surface area contributed by atoms with E-state index in [1.165, 1.54) is 0 Å². The van der Waals surface area contributed by atoms with E-state index >= 15 is 0 Å². The van der Waals surface area contributed by atoms with Gasteiger partial charge in [0.05, 0.1) is 0 Å². The summed E-state index contributed by atoms with van der Waals surface area (Å²) in [5.74, 6) is 0. The van der Waals surface area contributed by atoms with Crippen LogP contribution in [0.5, 0.6) is 0 Å². The Labute approximate surface area is 91.9 Å². The van der Waals surface area contributed by atoms with Gasteiger partial charge in [0.15, 0.2) is 5.11 Å². The fourth-order valence-electron chi connectivity index (χ4n) is 0.928. The molecule has 2 N–H and O–H groups in total. The maximum Gasteiger partial charge on any atom is 0.170 e. The molecular weight excluding hydrogens is 248 g/mol. The van der Waals surface area contributed by atoms with Crippen LogP contribution in [0.2, 0.25) is 0 Å². The Morgan fingerprint density at radius 3 is 2.77 bits per heavy atom. The lowest BCUT2D eigenvalue weighted by molar-refractivity contribution is 1.19. The first kappa shape index (κ1) is 10.5. The summed E-state index contributed by atoms with van der Waals surface area (Å²) in [6, 6.07) is 5.96. The minimum absolute atomic E-state index is 0.626. The lowest BCUT2D eigenvalue weighted by Crippen LogP contribution is -2.24. The predicted molar refractivity (Wildman–Crippen MR) is 64.2 cm³/mol. The molecule has 0 saturated carbocycles. The van der Waals surface area contributed by atoms with Crippen LogP contribution in [-0.4, -0.2) is 12.2 Å². The lowest BCUT2D eigenvalue weighted by Gasteiger charge is -2.10. The fourth-order valence-corrected chi connectivity index (χ4v) is 1.40. The summed E-state index contributed by atoms with van der Waals surface area (Å²) < 4.78 is 1.08. The Kier molecular flexibility index (Phi) is 3.69. The van der Waals surface area contributed by atoms with Crippen molar-refractivity contribution in [1.82, 2.24) is 5.32 Å². The number of hydrogen-bond acceptors (Lipinski definition) is 1. The van der Waals surface area contributed by atoms with Crippen molar-refractivity contribution < 1.29 is 0 Å². The zero-order valence-electron chi connectivity index (χ0n) is 7.52. The molecule has 0 amide bonds. The highest BCUT2D eigenvalue weighted by molar-refractivity contribution is 9.10. The van der Waals surface area contributed by atoms with Gasteiger partial charge in [-0.1, -0.05) is 22.0 Å². The van der Waals surface area contributed by atoms with Gasteiger partial charge in [0.25, 0.3) is 0 Å². The lowest BCUT2D eigenvalue weighted by atomic mass is 10.2. The van der Waals surface area contributed by atoms with E-state index in [1.807, 2.05) is 25.1 Å². The van der Waals surface area contributed by atoms with E-state index < -0.39 is 0 Å². The third-order valence-corrected chi connectivity index (χ3v) is 2.91. The second kappa shape index (κ2) is 4.58. The van der Waals surface area contributed by atoms with Crippen molar-refractivity contribution in [3.63, 3.8) is 0 Å². The number of anilines is 1. The Balaban J connectivity index is 2.89. The topological polar surface area (TPSA) is 24.1 Å². The molecule has 0 heterocycles. The molecule has 1 rings (SSSR count). The van der Waals surface area contributed by atoms with E-state index in [1.54, 1.807) is 7.05 Å². The molecule has 13 heavy (non-hydrogen) atoms. The molecule has 0 saturated heterocycles. The fraction of sp³-hybridized carbons (Fsp3) is 0.222. The molecule has 0 atom stereocenters. The minimum Gasteiger partial charge on any atom is -0.366 e. The molecule has 0 bridgehead atoms. The van der Waals surface area contributed by atoms with E-state index in [2.05, 4.69) is 26.6 Å². The van der Waals surface area contributed by atoms with Crippen LogP contribution in [0.1, 0.15) is 5.56 Å². The van der Waals surface area contributed by atoms with Crippen molar-refractivity contribution in [2.24, 2.45) is 0 Å². The first-order chi connectivity index (χ1) is 6.15. The molecule has 1 aromatic rings. The number of thiocarbonyl (C=S) groups is 1. The van der Waals surface area contributed by atoms with Gasteiger partial charge in [-0.15, -0.1) is 0 Å². The van der Waals surface area contributed by atoms with E-state index in [4.69, 9.17) is 12.2 Å². The molecule has 1 aromatic carbocycles. The third kappa shape index (κ3) is 2.67. The summed E-state index contributed by atoms with van der Waals surface area (Å²) >= 11 is 8.46. The second-order valence-corrected chi connectivity index (χ2v) is 3.88. The summed E-state index contributed by atoms with van der Waals surface area (Å²) in [4.78, 5) is 0. The summed E-state index contributed by atoms with van der Waals surface area (Å²) in [6.07, 6.45) is 0. The van der Waals surface area contributed by atoms with Crippen molar-refractivity contribution in [3.8, 4) is 0 Å². The Morgan fingerprint density at radius 1 is 1.46 bits per heavy atom. The van der Waals surface area contributed by atoms with Crippen LogP contribution >= 0.6 is 28.1 Å². The van der Waals surface area contributed by atoms with Crippen LogP contribution in [0, 0.1) is 6.92 Å². The molecule has 0 aromatic heterocycles. The van der Waals surface area contributed by atoms with Gasteiger partial charge in [-0.25, -0.2) is 0 Å². The van der Waals surface area contributed by atoms with Gasteiger partial charge < -0.3 is 10.6 Å². The van der Waals surface area contributed by atoms with Gasteiger partial charge in [0.2, 0.25) is 0 Å². The van der Waals surface area contributed by atoms with Crippen molar-refractivity contribution in [2.75, 3.05) is 12.4 Å². The minimum atomic E-state index is 0.626. The monoisotopic (exact) mass is 258 g/mol. The van der Waals surface area contributed by atoms with E-state index in [9.17, 15) is 0 Å². The quantitative estimate of drug-likeness (QED) is 0.758. The number of benzene rings is 1. The van der Waals surface area contributed by atoms with Crippen molar-refractivity contribution >= 4 is 38.9 Å². The van der Waals surface area contributed by atoms with Crippen LogP contribution in [-0.2, 0) is 0 Å². The van der Waals surface area contributed by atoms with Crippen molar-refractivity contribution in [1.29, 1.82) is 0 Å². The molecule has 0 aliphatic rings. The highest BCUT2D eigenvalue weighted by atomic mass is 79.9. The molecule has 0 radical (unpaired) electrons. The summed E-state index contributed by atoms with van der Waals surface area (Å²) in [6.45, 7) is 2.03. The standard InChI is InChI=1S/C9H11BrN2S/c1-6-7(10)4-3-5-8(6)12-9(13)11-2/h3-5H,1-2H3,(H2,11,12,13). The molecule has 0 spiro atoms. The predicted octanol–water partition coefficient (Wildman–Crippen LogP) is 2.67. The van der Waals surface area contributed by atoms with Crippen LogP contribution < -0.4 is 10.6 Å². The van der Waals surface area contributed by atoms with E-state index in [0.717, 1.165) is 15.7 Å². The van der Waals surface area contributed by atoms with Crippen molar-refractivity contribution in [3.05, 3.63) is 28.2 Å². The van der Waals surface area contributed by atoms with E-state index in [-0.39, 0.29) is 0 Å². The first-order valence-corrected chi connectivity index (χ1v) is 5.09. The zero-order valence-corrected chi connectivity index (χ0v) is 9.92. The summed E-state index contributed by atoms with van der Waals surface area (Å²) in [5.41, 5.74) is 2.17. The first-order valence-electron chi connectivity index (χ1n) is 3.89. The summed E-state index contributed by atoms with van der Waals surface area (Å²) in [7, 11) is 1.79. The molecule has 0 aliphatic heterocycles. The molecule has 0 aliphatic carbocycles. The molecule has 70 valence electrons. The Bertz CT molecular complexity index is 325. The van der Waals surface area contributed by atoms with Crippen LogP contribution in [0.15, 0.2) is 22.7 Å². The third-order valence-electron chi connectivity index (χ3n) is 1.74. The van der Waals surface area contributed by atoms with Gasteiger partial charge in [-0.3, -0.25) is 0 Å². The number of hydrogen-bond donors (Lipinski definition) is 2. The smallest absolute Gasteiger partial charge is 0.170 e. The van der Waals surface area contributed by atoms with Gasteiger partial charge in [0, 0.05) is 17.2 Å². The molecular formula is C9H11BrN2S. The number of halogens is 1. The van der Waals surface area contributed by atoms with Crippen LogP contribution in [0.25, 0.3) is 0 Å². The van der Waals surface area contributed by atoms with Gasteiger partial charge in [-0.2, -0.15) is 0 Å². The van der Waals surface area contributed by atoms with Gasteiger partial charge in [0.1, 0.15) is 0 Å². The highest BCUT2D eigenvalue weighted by Gasteiger charge is 2.01. The number of rotatable bonds is 1. The van der Waals surface area contributed by atoms with Crippen LogP contribution in [0.4, 0.5) is 5.69 Å². The van der Waals surface area contributed by atoms with Crippen molar-refractivity contribution in [2.45, 2.75) is 6.92 Å². The summed E-state index contributed by atoms with van der Waals surface area (Å²) in [5, 5.41) is 6.58. The Hall–Kier alpha value is -0.610. The molecule has 4 heteroatoms. The maximum absolute atomic E-state index is 5.00. The SMILES string of the molecule is CNC(=S)Nc1cccc(Br)c1C.